The molecule has 0 aliphatic heterocycles. The molecule has 0 atom stereocenters. The van der Waals surface area contributed by atoms with Gasteiger partial charge in [-0.25, -0.2) is 0 Å². The van der Waals surface area contributed by atoms with Crippen molar-refractivity contribution < 1.29 is 9.66 Å². The fraction of sp³-hybridized carbons (Fsp3) is 0.143. The van der Waals surface area contributed by atoms with Gasteiger partial charge in [0.25, 0.3) is 0 Å². The van der Waals surface area contributed by atoms with Crippen LogP contribution >= 0.6 is 46.4 Å². The van der Waals surface area contributed by atoms with E-state index in [2.05, 4.69) is 0 Å². The van der Waals surface area contributed by atoms with Gasteiger partial charge in [-0.2, -0.15) is 0 Å². The van der Waals surface area contributed by atoms with Crippen molar-refractivity contribution >= 4 is 52.1 Å². The predicted octanol–water partition coefficient (Wildman–Crippen LogP) is 4.22. The summed E-state index contributed by atoms with van der Waals surface area (Å²) in [6.07, 6.45) is 0. The molecule has 15 heavy (non-hydrogen) atoms. The third-order valence-electron chi connectivity index (χ3n) is 1.59. The average molecular weight is 291 g/mol. The molecule has 0 saturated carbocycles. The standard InChI is InChI=1S/C7H3Cl4NO3/c1-15-7-5(11)3(9)2(8)4(10)6(7)12(13)14/h1H3. The smallest absolute Gasteiger partial charge is 0.332 e. The molecule has 0 heterocycles. The van der Waals surface area contributed by atoms with Crippen molar-refractivity contribution in [2.24, 2.45) is 0 Å². The van der Waals surface area contributed by atoms with E-state index < -0.39 is 10.6 Å². The van der Waals surface area contributed by atoms with Crippen LogP contribution in [-0.2, 0) is 0 Å². The molecule has 0 aromatic heterocycles. The molecular weight excluding hydrogens is 288 g/mol. The van der Waals surface area contributed by atoms with E-state index in [9.17, 15) is 10.1 Å². The Morgan fingerprint density at radius 3 is 1.93 bits per heavy atom. The molecule has 0 N–H and O–H groups in total. The van der Waals surface area contributed by atoms with Crippen LogP contribution in [0.1, 0.15) is 0 Å². The fourth-order valence-corrected chi connectivity index (χ4v) is 1.92. The number of hydrogen-bond donors (Lipinski definition) is 0. The highest BCUT2D eigenvalue weighted by molar-refractivity contribution is 6.53. The Labute approximate surface area is 105 Å². The monoisotopic (exact) mass is 289 g/mol. The minimum atomic E-state index is -0.741. The molecule has 1 aromatic carbocycles. The Morgan fingerprint density at radius 2 is 1.53 bits per heavy atom. The molecule has 0 fully saturated rings. The van der Waals surface area contributed by atoms with Crippen molar-refractivity contribution in [1.82, 2.24) is 0 Å². The van der Waals surface area contributed by atoms with Crippen molar-refractivity contribution in [2.75, 3.05) is 7.11 Å². The fourth-order valence-electron chi connectivity index (χ4n) is 0.949. The minimum absolute atomic E-state index is 0.0780. The van der Waals surface area contributed by atoms with Gasteiger partial charge in [-0.1, -0.05) is 46.4 Å². The highest BCUT2D eigenvalue weighted by Gasteiger charge is 2.29. The van der Waals surface area contributed by atoms with E-state index in [1.807, 2.05) is 0 Å². The lowest BCUT2D eigenvalue weighted by molar-refractivity contribution is -0.385. The van der Waals surface area contributed by atoms with Crippen molar-refractivity contribution in [3.05, 3.63) is 30.2 Å². The van der Waals surface area contributed by atoms with Gasteiger partial charge in [-0.3, -0.25) is 10.1 Å². The van der Waals surface area contributed by atoms with Gasteiger partial charge in [-0.05, 0) is 0 Å². The molecule has 4 nitrogen and oxygen atoms in total. The van der Waals surface area contributed by atoms with Crippen molar-refractivity contribution in [2.45, 2.75) is 0 Å². The van der Waals surface area contributed by atoms with Gasteiger partial charge in [0.2, 0.25) is 5.75 Å². The lowest BCUT2D eigenvalue weighted by Crippen LogP contribution is -1.96. The minimum Gasteiger partial charge on any atom is -0.489 e. The number of nitro benzene ring substituents is 1. The summed E-state index contributed by atoms with van der Waals surface area (Å²) in [6, 6.07) is 0. The summed E-state index contributed by atoms with van der Waals surface area (Å²) < 4.78 is 4.75. The normalized spacial score (nSPS) is 10.2. The molecule has 0 unspecified atom stereocenters. The summed E-state index contributed by atoms with van der Waals surface area (Å²) in [5.74, 6) is -0.207. The molecule has 1 rings (SSSR count). The number of nitrogens with zero attached hydrogens (tertiary/aromatic N) is 1. The molecule has 0 spiro atoms. The number of nitro groups is 1. The largest absolute Gasteiger partial charge is 0.489 e. The van der Waals surface area contributed by atoms with Crippen LogP contribution in [0.2, 0.25) is 20.1 Å². The summed E-state index contributed by atoms with van der Waals surface area (Å²) >= 11 is 22.7. The number of rotatable bonds is 2. The summed E-state index contributed by atoms with van der Waals surface area (Å²) in [5.41, 5.74) is -0.501. The average Bonchev–Trinajstić information content (AvgIpc) is 2.19. The molecular formula is C7H3Cl4NO3. The van der Waals surface area contributed by atoms with E-state index in [1.54, 1.807) is 0 Å². The summed E-state index contributed by atoms with van der Waals surface area (Å²) in [6.45, 7) is 0. The first-order valence-electron chi connectivity index (χ1n) is 3.46. The van der Waals surface area contributed by atoms with E-state index in [-0.39, 0.29) is 25.8 Å². The Bertz CT molecular complexity index is 435. The highest BCUT2D eigenvalue weighted by Crippen LogP contribution is 2.49. The van der Waals surface area contributed by atoms with Crippen LogP contribution in [0.4, 0.5) is 5.69 Å². The number of methoxy groups -OCH3 is 1. The highest BCUT2D eigenvalue weighted by atomic mass is 35.5. The van der Waals surface area contributed by atoms with E-state index in [1.165, 1.54) is 7.11 Å². The van der Waals surface area contributed by atoms with Gasteiger partial charge in [-0.15, -0.1) is 0 Å². The molecule has 0 bridgehead atoms. The lowest BCUT2D eigenvalue weighted by Gasteiger charge is -2.08. The molecule has 0 saturated heterocycles. The molecule has 0 amide bonds. The second-order valence-electron chi connectivity index (χ2n) is 2.39. The maximum atomic E-state index is 10.7. The van der Waals surface area contributed by atoms with Gasteiger partial charge in [0, 0.05) is 0 Å². The molecule has 0 aliphatic rings. The number of ether oxygens (including phenoxy) is 1. The number of hydrogen-bond acceptors (Lipinski definition) is 3. The summed E-state index contributed by atoms with van der Waals surface area (Å²) in [7, 11) is 1.22. The second kappa shape index (κ2) is 4.61. The lowest BCUT2D eigenvalue weighted by atomic mass is 10.3. The second-order valence-corrected chi connectivity index (χ2v) is 3.91. The summed E-state index contributed by atoms with van der Waals surface area (Å²) in [4.78, 5) is 9.96. The Balaban J connectivity index is 3.70. The molecule has 0 aliphatic carbocycles. The third kappa shape index (κ3) is 2.08. The van der Waals surface area contributed by atoms with Crippen LogP contribution in [0, 0.1) is 10.1 Å². The van der Waals surface area contributed by atoms with E-state index in [0.717, 1.165) is 0 Å². The zero-order valence-corrected chi connectivity index (χ0v) is 10.2. The third-order valence-corrected chi connectivity index (χ3v) is 3.36. The van der Waals surface area contributed by atoms with Crippen LogP contribution in [0.3, 0.4) is 0 Å². The van der Waals surface area contributed by atoms with Crippen molar-refractivity contribution in [3.63, 3.8) is 0 Å². The van der Waals surface area contributed by atoms with Gasteiger partial charge >= 0.3 is 5.69 Å². The Hall–Kier alpha value is -0.420. The van der Waals surface area contributed by atoms with Gasteiger partial charge in [0.1, 0.15) is 10.0 Å². The van der Waals surface area contributed by atoms with Crippen LogP contribution in [-0.4, -0.2) is 12.0 Å². The van der Waals surface area contributed by atoms with Crippen LogP contribution in [0.25, 0.3) is 0 Å². The maximum absolute atomic E-state index is 10.7. The van der Waals surface area contributed by atoms with Crippen LogP contribution in [0.5, 0.6) is 5.75 Å². The predicted molar refractivity (Wildman–Crippen MR) is 59.7 cm³/mol. The summed E-state index contributed by atoms with van der Waals surface area (Å²) in [5, 5.41) is 10.0. The van der Waals surface area contributed by atoms with Crippen LogP contribution in [0.15, 0.2) is 0 Å². The van der Waals surface area contributed by atoms with Gasteiger partial charge in [0.05, 0.1) is 22.1 Å². The molecule has 82 valence electrons. The first-order valence-corrected chi connectivity index (χ1v) is 4.97. The Morgan fingerprint density at radius 1 is 1.07 bits per heavy atom. The SMILES string of the molecule is COc1c(Cl)c(Cl)c(Cl)c(Cl)c1[N+](=O)[O-]. The number of halogens is 4. The number of benzene rings is 1. The van der Waals surface area contributed by atoms with Crippen LogP contribution < -0.4 is 4.74 Å². The molecule has 0 radical (unpaired) electrons. The molecule has 1 aromatic rings. The quantitative estimate of drug-likeness (QED) is 0.355. The first kappa shape index (κ1) is 12.6. The van der Waals surface area contributed by atoms with Crippen molar-refractivity contribution in [1.29, 1.82) is 0 Å². The van der Waals surface area contributed by atoms with E-state index >= 15 is 0 Å². The van der Waals surface area contributed by atoms with E-state index in [4.69, 9.17) is 51.1 Å². The topological polar surface area (TPSA) is 52.4 Å². The Kier molecular flexibility index (Phi) is 3.89. The zero-order valence-electron chi connectivity index (χ0n) is 7.18. The van der Waals surface area contributed by atoms with E-state index in [0.29, 0.717) is 0 Å². The van der Waals surface area contributed by atoms with Gasteiger partial charge < -0.3 is 4.74 Å². The zero-order chi connectivity index (χ0) is 11.7. The maximum Gasteiger partial charge on any atom is 0.332 e. The van der Waals surface area contributed by atoms with Gasteiger partial charge in [0.15, 0.2) is 0 Å². The van der Waals surface area contributed by atoms with Crippen molar-refractivity contribution in [3.8, 4) is 5.75 Å². The molecule has 8 heteroatoms. The first-order chi connectivity index (χ1) is 6.91.